The topological polar surface area (TPSA) is 90.9 Å². The van der Waals surface area contributed by atoms with Crippen LogP contribution in [0.3, 0.4) is 0 Å². The molecule has 9 heteroatoms. The summed E-state index contributed by atoms with van der Waals surface area (Å²) in [4.78, 5) is 18.9. The van der Waals surface area contributed by atoms with Crippen LogP contribution in [0.2, 0.25) is 5.15 Å². The van der Waals surface area contributed by atoms with Crippen molar-refractivity contribution in [1.29, 1.82) is 0 Å². The third-order valence-electron chi connectivity index (χ3n) is 6.75. The van der Waals surface area contributed by atoms with Crippen LogP contribution in [0.5, 0.6) is 0 Å². The number of fused-ring (bicyclic) bond motifs is 1. The number of benzene rings is 2. The number of hydrogen-bond donors (Lipinski definition) is 3. The molecule has 1 aliphatic carbocycles. The van der Waals surface area contributed by atoms with Gasteiger partial charge in [-0.05, 0) is 61.1 Å². The number of imidazole rings is 1. The van der Waals surface area contributed by atoms with Gasteiger partial charge in [-0.15, -0.1) is 0 Å². The van der Waals surface area contributed by atoms with Gasteiger partial charge in [0, 0.05) is 28.6 Å². The number of pyridine rings is 1. The van der Waals surface area contributed by atoms with Crippen LogP contribution in [0.4, 0.5) is 4.39 Å². The van der Waals surface area contributed by atoms with E-state index < -0.39 is 0 Å². The van der Waals surface area contributed by atoms with Crippen molar-refractivity contribution in [3.05, 3.63) is 105 Å². The number of aryl methyl sites for hydroxylation is 1. The number of aromatic amines is 2. The summed E-state index contributed by atoms with van der Waals surface area (Å²) in [5, 5.41) is 10.3. The van der Waals surface area contributed by atoms with Crippen molar-refractivity contribution in [1.82, 2.24) is 29.9 Å². The highest BCUT2D eigenvalue weighted by Crippen LogP contribution is 2.38. The van der Waals surface area contributed by atoms with Crippen LogP contribution in [0.1, 0.15) is 36.2 Å². The molecule has 0 unspecified atom stereocenters. The molecular formula is C28H24ClFN6O. The van der Waals surface area contributed by atoms with Crippen molar-refractivity contribution in [2.24, 2.45) is 0 Å². The van der Waals surface area contributed by atoms with Crippen LogP contribution in [0, 0.1) is 12.7 Å². The van der Waals surface area contributed by atoms with Gasteiger partial charge >= 0.3 is 5.69 Å². The maximum absolute atomic E-state index is 14.9. The third-order valence-corrected chi connectivity index (χ3v) is 7.11. The second-order valence-electron chi connectivity index (χ2n) is 9.23. The first-order chi connectivity index (χ1) is 18.0. The first-order valence-electron chi connectivity index (χ1n) is 12.1. The summed E-state index contributed by atoms with van der Waals surface area (Å²) in [6.07, 6.45) is 5.07. The molecule has 186 valence electrons. The molecular weight excluding hydrogens is 491 g/mol. The van der Waals surface area contributed by atoms with E-state index in [-0.39, 0.29) is 11.5 Å². The van der Waals surface area contributed by atoms with E-state index in [2.05, 4.69) is 20.5 Å². The molecule has 3 heterocycles. The minimum Gasteiger partial charge on any atom is -0.377 e. The van der Waals surface area contributed by atoms with Gasteiger partial charge in [-0.2, -0.15) is 5.10 Å². The Labute approximate surface area is 217 Å². The SMILES string of the molecule is Cc1ccc(-c2ccccc2-c2nc3cc(C(NCc4n[nH]c(=O)[nH]4)=C4CCC4)ccn3c2Cl)c(F)c1. The summed E-state index contributed by atoms with van der Waals surface area (Å²) in [6.45, 7) is 2.25. The van der Waals surface area contributed by atoms with Crippen molar-refractivity contribution in [2.75, 3.05) is 0 Å². The van der Waals surface area contributed by atoms with Crippen molar-refractivity contribution >= 4 is 22.9 Å². The van der Waals surface area contributed by atoms with E-state index in [0.717, 1.165) is 47.2 Å². The van der Waals surface area contributed by atoms with E-state index in [1.54, 1.807) is 6.07 Å². The van der Waals surface area contributed by atoms with Crippen LogP contribution >= 0.6 is 11.6 Å². The molecule has 0 bridgehead atoms. The Kier molecular flexibility index (Phi) is 5.88. The number of nitrogens with one attached hydrogen (secondary N) is 3. The average molecular weight is 515 g/mol. The number of hydrogen-bond acceptors (Lipinski definition) is 4. The molecule has 3 N–H and O–H groups in total. The van der Waals surface area contributed by atoms with Crippen LogP contribution in [-0.4, -0.2) is 24.6 Å². The van der Waals surface area contributed by atoms with E-state index >= 15 is 0 Å². The standard InChI is InChI=1S/C28H24ClFN6O/c1-16-9-10-20(22(30)13-16)19-7-2-3-8-21(19)26-27(29)36-12-11-18(14-24(36)33-26)25(17-5-4-6-17)31-15-23-32-28(37)35-34-23/h2-3,7-14,31H,4-6,15H2,1H3,(H2,32,34,35,37). The van der Waals surface area contributed by atoms with Gasteiger partial charge in [0.15, 0.2) is 0 Å². The Balaban J connectivity index is 1.40. The van der Waals surface area contributed by atoms with Gasteiger partial charge in [-0.3, -0.25) is 9.38 Å². The molecule has 37 heavy (non-hydrogen) atoms. The van der Waals surface area contributed by atoms with E-state index in [4.69, 9.17) is 16.6 Å². The van der Waals surface area contributed by atoms with Crippen molar-refractivity contribution in [2.45, 2.75) is 32.7 Å². The zero-order valence-corrected chi connectivity index (χ0v) is 20.9. The second-order valence-corrected chi connectivity index (χ2v) is 9.59. The molecule has 0 saturated heterocycles. The molecule has 1 fully saturated rings. The molecule has 1 saturated carbocycles. The molecule has 0 atom stereocenters. The molecule has 6 rings (SSSR count). The zero-order valence-electron chi connectivity index (χ0n) is 20.1. The Bertz CT molecular complexity index is 1720. The van der Waals surface area contributed by atoms with Crippen LogP contribution in [0.15, 0.2) is 71.2 Å². The van der Waals surface area contributed by atoms with Crippen molar-refractivity contribution in [3.63, 3.8) is 0 Å². The third kappa shape index (κ3) is 4.34. The smallest absolute Gasteiger partial charge is 0.340 e. The van der Waals surface area contributed by atoms with Crippen molar-refractivity contribution in [3.8, 4) is 22.4 Å². The fourth-order valence-electron chi connectivity index (χ4n) is 4.70. The minimum absolute atomic E-state index is 0.282. The number of allylic oxidation sites excluding steroid dienone is 1. The zero-order chi connectivity index (χ0) is 25.5. The Morgan fingerprint density at radius 2 is 1.92 bits per heavy atom. The van der Waals surface area contributed by atoms with E-state index in [1.165, 1.54) is 11.6 Å². The van der Waals surface area contributed by atoms with Crippen LogP contribution < -0.4 is 11.0 Å². The highest BCUT2D eigenvalue weighted by Gasteiger charge is 2.20. The minimum atomic E-state index is -0.332. The Morgan fingerprint density at radius 1 is 1.11 bits per heavy atom. The summed E-state index contributed by atoms with van der Waals surface area (Å²) in [5.41, 5.74) is 7.12. The van der Waals surface area contributed by atoms with E-state index in [9.17, 15) is 9.18 Å². The summed E-state index contributed by atoms with van der Waals surface area (Å²) < 4.78 is 16.7. The maximum atomic E-state index is 14.9. The molecule has 5 aromatic rings. The molecule has 1 aliphatic rings. The first kappa shape index (κ1) is 23.2. The number of nitrogens with zero attached hydrogens (tertiary/aromatic N) is 3. The fourth-order valence-corrected chi connectivity index (χ4v) is 4.99. The van der Waals surface area contributed by atoms with Gasteiger partial charge in [0.2, 0.25) is 0 Å². The number of aromatic nitrogens is 5. The van der Waals surface area contributed by atoms with Crippen LogP contribution in [-0.2, 0) is 6.54 Å². The Hall–Kier alpha value is -4.17. The van der Waals surface area contributed by atoms with Gasteiger partial charge in [0.05, 0.1) is 6.54 Å². The predicted molar refractivity (Wildman–Crippen MR) is 143 cm³/mol. The lowest BCUT2D eigenvalue weighted by molar-refractivity contribution is 0.630. The predicted octanol–water partition coefficient (Wildman–Crippen LogP) is 5.87. The monoisotopic (exact) mass is 514 g/mol. The molecule has 7 nitrogen and oxygen atoms in total. The molecule has 0 aliphatic heterocycles. The lowest BCUT2D eigenvalue weighted by atomic mass is 9.88. The van der Waals surface area contributed by atoms with E-state index in [0.29, 0.717) is 34.4 Å². The first-order valence-corrected chi connectivity index (χ1v) is 12.5. The van der Waals surface area contributed by atoms with Gasteiger partial charge in [-0.1, -0.05) is 48.0 Å². The number of rotatable bonds is 6. The Morgan fingerprint density at radius 3 is 2.62 bits per heavy atom. The molecule has 3 aromatic heterocycles. The summed E-state index contributed by atoms with van der Waals surface area (Å²) in [5.74, 6) is 0.255. The highest BCUT2D eigenvalue weighted by atomic mass is 35.5. The maximum Gasteiger partial charge on any atom is 0.340 e. The largest absolute Gasteiger partial charge is 0.377 e. The number of halogens is 2. The van der Waals surface area contributed by atoms with Gasteiger partial charge < -0.3 is 5.32 Å². The van der Waals surface area contributed by atoms with Gasteiger partial charge in [0.25, 0.3) is 0 Å². The second kappa shape index (κ2) is 9.37. The molecule has 0 radical (unpaired) electrons. The molecule has 0 amide bonds. The van der Waals surface area contributed by atoms with E-state index in [1.807, 2.05) is 60.0 Å². The van der Waals surface area contributed by atoms with Crippen LogP contribution in [0.25, 0.3) is 33.7 Å². The molecule has 2 aromatic carbocycles. The van der Waals surface area contributed by atoms with Gasteiger partial charge in [-0.25, -0.2) is 19.3 Å². The highest BCUT2D eigenvalue weighted by molar-refractivity contribution is 6.32. The summed E-state index contributed by atoms with van der Waals surface area (Å²) >= 11 is 6.83. The normalized spacial score (nSPS) is 13.1. The fraction of sp³-hybridized carbons (Fsp3) is 0.179. The molecule has 0 spiro atoms. The number of H-pyrrole nitrogens is 2. The lowest BCUT2D eigenvalue weighted by Crippen LogP contribution is -2.18. The average Bonchev–Trinajstić information content (AvgIpc) is 3.42. The summed E-state index contributed by atoms with van der Waals surface area (Å²) in [6, 6.07) is 16.8. The van der Waals surface area contributed by atoms with Gasteiger partial charge in [0.1, 0.15) is 28.1 Å². The quantitative estimate of drug-likeness (QED) is 0.264. The lowest BCUT2D eigenvalue weighted by Gasteiger charge is -2.23. The summed E-state index contributed by atoms with van der Waals surface area (Å²) in [7, 11) is 0. The van der Waals surface area contributed by atoms with Crippen molar-refractivity contribution < 1.29 is 4.39 Å².